The molecule has 2 aromatic rings. The zero-order valence-electron chi connectivity index (χ0n) is 7.57. The molecule has 69 valence electrons. The molecule has 2 rings (SSSR count). The lowest BCUT2D eigenvalue weighted by molar-refractivity contribution is 0.673. The van der Waals surface area contributed by atoms with E-state index in [0.29, 0.717) is 0 Å². The summed E-state index contributed by atoms with van der Waals surface area (Å²) in [5.74, 6) is -0.443. The molecule has 0 aliphatic carbocycles. The fourth-order valence-electron chi connectivity index (χ4n) is 1.41. The van der Waals surface area contributed by atoms with Crippen molar-refractivity contribution in [2.75, 3.05) is 0 Å². The van der Waals surface area contributed by atoms with E-state index in [-0.39, 0.29) is 0 Å². The molecule has 0 saturated heterocycles. The van der Waals surface area contributed by atoms with E-state index in [1.807, 2.05) is 24.3 Å². The van der Waals surface area contributed by atoms with Crippen molar-refractivity contribution in [3.63, 3.8) is 0 Å². The standard InChI is InChI=1S/C12H9FN/c1-9(13)8-10-6-7-14-12-5-3-2-4-11(10)12/h2-8H,1H2/b9-8-. The Bertz CT molecular complexity index is 479. The summed E-state index contributed by atoms with van der Waals surface area (Å²) >= 11 is 0. The van der Waals surface area contributed by atoms with Gasteiger partial charge in [0.2, 0.25) is 0 Å². The second kappa shape index (κ2) is 3.58. The Kier molecular flexibility index (Phi) is 2.27. The molecule has 0 unspecified atom stereocenters. The number of rotatable bonds is 1. The maximum atomic E-state index is 12.6. The monoisotopic (exact) mass is 186 g/mol. The van der Waals surface area contributed by atoms with Gasteiger partial charge in [0.1, 0.15) is 5.83 Å². The molecule has 0 atom stereocenters. The molecule has 1 aromatic carbocycles. The van der Waals surface area contributed by atoms with E-state index in [0.717, 1.165) is 16.5 Å². The summed E-state index contributed by atoms with van der Waals surface area (Å²) in [6.45, 7) is 3.21. The van der Waals surface area contributed by atoms with Gasteiger partial charge in [0.25, 0.3) is 0 Å². The maximum Gasteiger partial charge on any atom is 0.101 e. The number of hydrogen-bond acceptors (Lipinski definition) is 1. The molecule has 0 fully saturated rings. The molecule has 0 bridgehead atoms. The van der Waals surface area contributed by atoms with Crippen LogP contribution in [0.4, 0.5) is 4.39 Å². The first kappa shape index (κ1) is 8.88. The minimum atomic E-state index is -0.443. The van der Waals surface area contributed by atoms with Gasteiger partial charge in [0.15, 0.2) is 0 Å². The van der Waals surface area contributed by atoms with E-state index in [1.54, 1.807) is 12.3 Å². The minimum absolute atomic E-state index is 0.443. The van der Waals surface area contributed by atoms with Crippen LogP contribution in [0.25, 0.3) is 17.0 Å². The molecule has 0 saturated carbocycles. The number of nitrogens with zero attached hydrogens (tertiary/aromatic N) is 1. The molecule has 0 aliphatic heterocycles. The first-order chi connectivity index (χ1) is 6.77. The third-order valence-electron chi connectivity index (χ3n) is 1.99. The highest BCUT2D eigenvalue weighted by molar-refractivity contribution is 5.87. The van der Waals surface area contributed by atoms with E-state index in [2.05, 4.69) is 11.9 Å². The highest BCUT2D eigenvalue weighted by atomic mass is 19.1. The number of pyridine rings is 1. The predicted molar refractivity (Wildman–Crippen MR) is 56.2 cm³/mol. The lowest BCUT2D eigenvalue weighted by atomic mass is 10.1. The quantitative estimate of drug-likeness (QED) is 0.665. The largest absolute Gasteiger partial charge is 0.256 e. The SMILES string of the molecule is [CH2]/C(F)=C/c1ccnc2ccccc12. The van der Waals surface area contributed by atoms with Crippen molar-refractivity contribution in [1.82, 2.24) is 4.98 Å². The van der Waals surface area contributed by atoms with Gasteiger partial charge < -0.3 is 0 Å². The van der Waals surface area contributed by atoms with E-state index in [9.17, 15) is 4.39 Å². The van der Waals surface area contributed by atoms with Gasteiger partial charge >= 0.3 is 0 Å². The lowest BCUT2D eigenvalue weighted by Crippen LogP contribution is -1.81. The molecule has 1 radical (unpaired) electrons. The molecule has 0 spiro atoms. The van der Waals surface area contributed by atoms with Gasteiger partial charge in [-0.25, -0.2) is 4.39 Å². The lowest BCUT2D eigenvalue weighted by Gasteiger charge is -2.00. The van der Waals surface area contributed by atoms with Crippen LogP contribution >= 0.6 is 0 Å². The van der Waals surface area contributed by atoms with Gasteiger partial charge in [0, 0.05) is 18.5 Å². The summed E-state index contributed by atoms with van der Waals surface area (Å²) in [5, 5.41) is 0.939. The normalized spacial score (nSPS) is 12.0. The predicted octanol–water partition coefficient (Wildman–Crippen LogP) is 3.38. The molecular formula is C12H9FN. The van der Waals surface area contributed by atoms with Crippen LogP contribution in [-0.4, -0.2) is 4.98 Å². The third-order valence-corrected chi connectivity index (χ3v) is 1.99. The zero-order valence-corrected chi connectivity index (χ0v) is 7.57. The Morgan fingerprint density at radius 2 is 2.07 bits per heavy atom. The van der Waals surface area contributed by atoms with Crippen LogP contribution in [0.1, 0.15) is 5.56 Å². The van der Waals surface area contributed by atoms with E-state index >= 15 is 0 Å². The van der Waals surface area contributed by atoms with Crippen molar-refractivity contribution >= 4 is 17.0 Å². The van der Waals surface area contributed by atoms with Gasteiger partial charge in [-0.3, -0.25) is 4.98 Å². The third kappa shape index (κ3) is 1.64. The van der Waals surface area contributed by atoms with Gasteiger partial charge in [-0.1, -0.05) is 18.2 Å². The molecule has 1 nitrogen and oxygen atoms in total. The van der Waals surface area contributed by atoms with Crippen LogP contribution < -0.4 is 0 Å². The molecular weight excluding hydrogens is 177 g/mol. The maximum absolute atomic E-state index is 12.6. The first-order valence-corrected chi connectivity index (χ1v) is 4.30. The van der Waals surface area contributed by atoms with E-state index in [1.165, 1.54) is 6.08 Å². The van der Waals surface area contributed by atoms with Crippen LogP contribution in [0.3, 0.4) is 0 Å². The average Bonchev–Trinajstić information content (AvgIpc) is 2.18. The van der Waals surface area contributed by atoms with Crippen LogP contribution in [0.2, 0.25) is 0 Å². The average molecular weight is 186 g/mol. The number of allylic oxidation sites excluding steroid dienone is 1. The summed E-state index contributed by atoms with van der Waals surface area (Å²) in [6.07, 6.45) is 3.07. The molecule has 1 heterocycles. The van der Waals surface area contributed by atoms with Crippen LogP contribution in [0.15, 0.2) is 42.4 Å². The fourth-order valence-corrected chi connectivity index (χ4v) is 1.41. The van der Waals surface area contributed by atoms with Crippen molar-refractivity contribution in [1.29, 1.82) is 0 Å². The smallest absolute Gasteiger partial charge is 0.101 e. The van der Waals surface area contributed by atoms with Crippen molar-refractivity contribution in [3.8, 4) is 0 Å². The molecule has 2 heteroatoms. The summed E-state index contributed by atoms with van der Waals surface area (Å²) in [7, 11) is 0. The molecule has 0 amide bonds. The summed E-state index contributed by atoms with van der Waals surface area (Å²) < 4.78 is 12.6. The number of para-hydroxylation sites is 1. The summed E-state index contributed by atoms with van der Waals surface area (Å²) in [6, 6.07) is 9.39. The Morgan fingerprint density at radius 3 is 2.86 bits per heavy atom. The van der Waals surface area contributed by atoms with Crippen LogP contribution in [0.5, 0.6) is 0 Å². The Labute approximate surface area is 81.9 Å². The fraction of sp³-hybridized carbons (Fsp3) is 0. The first-order valence-electron chi connectivity index (χ1n) is 4.30. The van der Waals surface area contributed by atoms with Crippen molar-refractivity contribution in [2.24, 2.45) is 0 Å². The zero-order chi connectivity index (χ0) is 9.97. The van der Waals surface area contributed by atoms with Crippen LogP contribution in [0, 0.1) is 6.92 Å². The van der Waals surface area contributed by atoms with Crippen LogP contribution in [-0.2, 0) is 0 Å². The highest BCUT2D eigenvalue weighted by Gasteiger charge is 1.98. The Hall–Kier alpha value is -1.70. The van der Waals surface area contributed by atoms with Crippen molar-refractivity contribution < 1.29 is 4.39 Å². The Balaban J connectivity index is 2.71. The van der Waals surface area contributed by atoms with Gasteiger partial charge in [0.05, 0.1) is 5.52 Å². The summed E-state index contributed by atoms with van der Waals surface area (Å²) in [5.41, 5.74) is 1.67. The van der Waals surface area contributed by atoms with Gasteiger partial charge in [-0.2, -0.15) is 0 Å². The number of halogens is 1. The van der Waals surface area contributed by atoms with Gasteiger partial charge in [-0.15, -0.1) is 0 Å². The topological polar surface area (TPSA) is 12.9 Å². The molecule has 0 aliphatic rings. The second-order valence-electron chi connectivity index (χ2n) is 3.01. The molecule has 0 N–H and O–H groups in total. The summed E-state index contributed by atoms with van der Waals surface area (Å²) in [4.78, 5) is 4.18. The molecule has 1 aromatic heterocycles. The highest BCUT2D eigenvalue weighted by Crippen LogP contribution is 2.18. The van der Waals surface area contributed by atoms with E-state index < -0.39 is 5.83 Å². The van der Waals surface area contributed by atoms with Gasteiger partial charge in [-0.05, 0) is 23.8 Å². The van der Waals surface area contributed by atoms with Crippen molar-refractivity contribution in [2.45, 2.75) is 0 Å². The number of fused-ring (bicyclic) bond motifs is 1. The van der Waals surface area contributed by atoms with Crippen molar-refractivity contribution in [3.05, 3.63) is 54.8 Å². The number of benzene rings is 1. The molecule has 14 heavy (non-hydrogen) atoms. The minimum Gasteiger partial charge on any atom is -0.256 e. The Morgan fingerprint density at radius 1 is 1.29 bits per heavy atom. The van der Waals surface area contributed by atoms with E-state index in [4.69, 9.17) is 0 Å². The number of hydrogen-bond donors (Lipinski definition) is 0. The number of aromatic nitrogens is 1. The second-order valence-corrected chi connectivity index (χ2v) is 3.01.